The van der Waals surface area contributed by atoms with Gasteiger partial charge in [-0.05, 0) is 27.7 Å². The lowest BCUT2D eigenvalue weighted by atomic mass is 9.93. The fourth-order valence-electron chi connectivity index (χ4n) is 1.09. The third-order valence-corrected chi connectivity index (χ3v) is 2.20. The van der Waals surface area contributed by atoms with Crippen LogP contribution in [-0.4, -0.2) is 24.0 Å². The van der Waals surface area contributed by atoms with Gasteiger partial charge < -0.3 is 9.57 Å². The van der Waals surface area contributed by atoms with Crippen LogP contribution in [0.15, 0.2) is 5.16 Å². The lowest BCUT2D eigenvalue weighted by Gasteiger charge is -2.22. The van der Waals surface area contributed by atoms with Gasteiger partial charge in [0, 0.05) is 13.5 Å². The van der Waals surface area contributed by atoms with E-state index in [1.807, 2.05) is 27.7 Å². The van der Waals surface area contributed by atoms with Gasteiger partial charge in [0.25, 0.3) is 0 Å². The second kappa shape index (κ2) is 2.73. The molecule has 0 radical (unpaired) electrons. The van der Waals surface area contributed by atoms with Crippen LogP contribution >= 0.6 is 0 Å². The predicted molar refractivity (Wildman–Crippen MR) is 48.3 cm³/mol. The van der Waals surface area contributed by atoms with E-state index in [0.717, 1.165) is 12.1 Å². The Morgan fingerprint density at radius 1 is 1.50 bits per heavy atom. The van der Waals surface area contributed by atoms with Crippen LogP contribution in [0, 0.1) is 0 Å². The Kier molecular flexibility index (Phi) is 2.17. The molecule has 0 aromatic heterocycles. The van der Waals surface area contributed by atoms with Gasteiger partial charge in [-0.3, -0.25) is 0 Å². The molecule has 3 nitrogen and oxygen atoms in total. The molecule has 0 aromatic carbocycles. The molecule has 3 heteroatoms. The summed E-state index contributed by atoms with van der Waals surface area (Å²) in [7, 11) is 1.69. The molecule has 1 aliphatic rings. The number of methoxy groups -OCH3 is 1. The Morgan fingerprint density at radius 2 is 2.08 bits per heavy atom. The molecule has 0 amide bonds. The topological polar surface area (TPSA) is 30.8 Å². The van der Waals surface area contributed by atoms with Gasteiger partial charge in [-0.1, -0.05) is 5.16 Å². The molecule has 0 atom stereocenters. The average molecular weight is 171 g/mol. The zero-order chi connectivity index (χ0) is 9.41. The molecule has 0 aromatic rings. The van der Waals surface area contributed by atoms with Gasteiger partial charge in [0.2, 0.25) is 0 Å². The zero-order valence-corrected chi connectivity index (χ0v) is 8.47. The Hall–Kier alpha value is -0.570. The number of oxime groups is 1. The molecule has 0 N–H and O–H groups in total. The molecule has 1 aliphatic heterocycles. The molecule has 0 spiro atoms. The summed E-state index contributed by atoms with van der Waals surface area (Å²) in [5.41, 5.74) is 0.522. The van der Waals surface area contributed by atoms with E-state index in [2.05, 4.69) is 5.16 Å². The smallest absolute Gasteiger partial charge is 0.137 e. The van der Waals surface area contributed by atoms with Gasteiger partial charge in [-0.25, -0.2) is 0 Å². The zero-order valence-electron chi connectivity index (χ0n) is 8.47. The molecular formula is C9H17NO2. The highest BCUT2D eigenvalue weighted by atomic mass is 16.7. The van der Waals surface area contributed by atoms with E-state index in [0.29, 0.717) is 0 Å². The van der Waals surface area contributed by atoms with Crippen LogP contribution in [0.2, 0.25) is 0 Å². The maximum Gasteiger partial charge on any atom is 0.137 e. The lowest BCUT2D eigenvalue weighted by molar-refractivity contribution is 0.0123. The van der Waals surface area contributed by atoms with Crippen LogP contribution in [0.1, 0.15) is 34.1 Å². The van der Waals surface area contributed by atoms with Crippen LogP contribution in [0.25, 0.3) is 0 Å². The minimum atomic E-state index is -0.298. The second-order valence-corrected chi connectivity index (χ2v) is 4.28. The summed E-state index contributed by atoms with van der Waals surface area (Å²) in [5.74, 6) is 0. The first-order valence-corrected chi connectivity index (χ1v) is 4.18. The van der Waals surface area contributed by atoms with Crippen molar-refractivity contribution in [2.24, 2.45) is 5.16 Å². The van der Waals surface area contributed by atoms with E-state index in [9.17, 15) is 0 Å². The minimum absolute atomic E-state index is 0.162. The second-order valence-electron chi connectivity index (χ2n) is 4.28. The maximum absolute atomic E-state index is 5.30. The van der Waals surface area contributed by atoms with E-state index in [1.165, 1.54) is 0 Å². The Bertz CT molecular complexity index is 207. The number of ether oxygens (including phenoxy) is 1. The first-order chi connectivity index (χ1) is 5.37. The first kappa shape index (κ1) is 9.52. The van der Waals surface area contributed by atoms with Crippen LogP contribution in [0.3, 0.4) is 0 Å². The van der Waals surface area contributed by atoms with Gasteiger partial charge in [-0.2, -0.15) is 0 Å². The summed E-state index contributed by atoms with van der Waals surface area (Å²) >= 11 is 0. The van der Waals surface area contributed by atoms with E-state index >= 15 is 0 Å². The average Bonchev–Trinajstić information content (AvgIpc) is 2.31. The fourth-order valence-corrected chi connectivity index (χ4v) is 1.09. The molecule has 0 bridgehead atoms. The van der Waals surface area contributed by atoms with Crippen LogP contribution in [-0.2, 0) is 9.57 Å². The molecule has 1 heterocycles. The quantitative estimate of drug-likeness (QED) is 0.636. The number of hydrogen-bond acceptors (Lipinski definition) is 3. The highest BCUT2D eigenvalue weighted by Crippen LogP contribution is 2.28. The Balaban J connectivity index is 2.69. The fraction of sp³-hybridized carbons (Fsp3) is 0.889. The van der Waals surface area contributed by atoms with Crippen LogP contribution in [0.5, 0.6) is 0 Å². The lowest BCUT2D eigenvalue weighted by Crippen LogP contribution is -2.35. The largest absolute Gasteiger partial charge is 0.389 e. The summed E-state index contributed by atoms with van der Waals surface area (Å²) in [6.45, 7) is 8.04. The minimum Gasteiger partial charge on any atom is -0.389 e. The van der Waals surface area contributed by atoms with E-state index in [4.69, 9.17) is 9.57 Å². The van der Waals surface area contributed by atoms with Crippen molar-refractivity contribution in [2.45, 2.75) is 45.3 Å². The summed E-state index contributed by atoms with van der Waals surface area (Å²) in [5, 5.41) is 4.02. The van der Waals surface area contributed by atoms with Crippen molar-refractivity contribution in [3.05, 3.63) is 0 Å². The SMILES string of the molecule is COC(C)(C)C1=NOC(C)(C)C1. The molecule has 0 fully saturated rings. The van der Waals surface area contributed by atoms with Gasteiger partial charge >= 0.3 is 0 Å². The highest BCUT2D eigenvalue weighted by Gasteiger charge is 2.37. The van der Waals surface area contributed by atoms with Gasteiger partial charge in [-0.15, -0.1) is 0 Å². The molecule has 12 heavy (non-hydrogen) atoms. The van der Waals surface area contributed by atoms with Crippen molar-refractivity contribution >= 4 is 5.71 Å². The van der Waals surface area contributed by atoms with Crippen LogP contribution < -0.4 is 0 Å². The Labute approximate surface area is 73.7 Å². The summed E-state index contributed by atoms with van der Waals surface area (Å²) < 4.78 is 5.30. The van der Waals surface area contributed by atoms with E-state index < -0.39 is 0 Å². The van der Waals surface area contributed by atoms with Crippen molar-refractivity contribution in [2.75, 3.05) is 7.11 Å². The number of hydrogen-bond donors (Lipinski definition) is 0. The van der Waals surface area contributed by atoms with E-state index in [1.54, 1.807) is 7.11 Å². The van der Waals surface area contributed by atoms with Gasteiger partial charge in [0.1, 0.15) is 11.2 Å². The van der Waals surface area contributed by atoms with Crippen molar-refractivity contribution in [1.29, 1.82) is 0 Å². The van der Waals surface area contributed by atoms with Gasteiger partial charge in [0.05, 0.1) is 5.71 Å². The monoisotopic (exact) mass is 171 g/mol. The third kappa shape index (κ3) is 1.78. The molecule has 0 aliphatic carbocycles. The normalized spacial score (nSPS) is 21.9. The van der Waals surface area contributed by atoms with Crippen molar-refractivity contribution < 1.29 is 9.57 Å². The van der Waals surface area contributed by atoms with Crippen molar-refractivity contribution in [3.63, 3.8) is 0 Å². The summed E-state index contributed by atoms with van der Waals surface area (Å²) in [6.07, 6.45) is 0.841. The first-order valence-electron chi connectivity index (χ1n) is 4.18. The molecular weight excluding hydrogens is 154 g/mol. The summed E-state index contributed by atoms with van der Waals surface area (Å²) in [4.78, 5) is 5.25. The molecule has 70 valence electrons. The standard InChI is InChI=1S/C9H17NO2/c1-8(2)6-7(10-12-8)9(3,4)11-5/h6H2,1-5H3. The Morgan fingerprint density at radius 3 is 2.42 bits per heavy atom. The van der Waals surface area contributed by atoms with Gasteiger partial charge in [0.15, 0.2) is 0 Å². The van der Waals surface area contributed by atoms with Crippen LogP contribution in [0.4, 0.5) is 0 Å². The van der Waals surface area contributed by atoms with Crippen molar-refractivity contribution in [3.8, 4) is 0 Å². The number of rotatable bonds is 2. The maximum atomic E-state index is 5.30. The third-order valence-electron chi connectivity index (χ3n) is 2.20. The predicted octanol–water partition coefficient (Wildman–Crippen LogP) is 1.97. The number of nitrogens with zero attached hydrogens (tertiary/aromatic N) is 1. The molecule has 0 unspecified atom stereocenters. The van der Waals surface area contributed by atoms with E-state index in [-0.39, 0.29) is 11.2 Å². The molecule has 1 rings (SSSR count). The van der Waals surface area contributed by atoms with Crippen molar-refractivity contribution in [1.82, 2.24) is 0 Å². The molecule has 0 saturated heterocycles. The summed E-state index contributed by atoms with van der Waals surface area (Å²) in [6, 6.07) is 0. The molecule has 0 saturated carbocycles. The highest BCUT2D eigenvalue weighted by molar-refractivity contribution is 5.93.